The molecule has 1 aromatic heterocycles. The lowest BCUT2D eigenvalue weighted by Gasteiger charge is -2.14. The fourth-order valence-corrected chi connectivity index (χ4v) is 2.10. The third-order valence-electron chi connectivity index (χ3n) is 2.07. The molecule has 0 spiro atoms. The summed E-state index contributed by atoms with van der Waals surface area (Å²) in [5.41, 5.74) is 0. The van der Waals surface area contributed by atoms with Gasteiger partial charge in [0, 0.05) is 17.9 Å². The lowest BCUT2D eigenvalue weighted by atomic mass is 10.4. The van der Waals surface area contributed by atoms with Gasteiger partial charge in [-0.1, -0.05) is 6.92 Å². The molecular formula is C12H21N3OS. The maximum atomic E-state index is 5.39. The van der Waals surface area contributed by atoms with Crippen molar-refractivity contribution < 1.29 is 4.74 Å². The van der Waals surface area contributed by atoms with Crippen molar-refractivity contribution in [1.29, 1.82) is 0 Å². The highest BCUT2D eigenvalue weighted by Gasteiger charge is 2.06. The second-order valence-electron chi connectivity index (χ2n) is 3.78. The maximum Gasteiger partial charge on any atom is 0.218 e. The lowest BCUT2D eigenvalue weighted by molar-refractivity contribution is 0.325. The van der Waals surface area contributed by atoms with Crippen molar-refractivity contribution in [3.63, 3.8) is 0 Å². The molecule has 0 saturated heterocycles. The van der Waals surface area contributed by atoms with Gasteiger partial charge < -0.3 is 10.1 Å². The van der Waals surface area contributed by atoms with Crippen LogP contribution in [0.2, 0.25) is 0 Å². The first-order valence-electron chi connectivity index (χ1n) is 5.98. The molecule has 0 bridgehead atoms. The fourth-order valence-electron chi connectivity index (χ4n) is 1.42. The smallest absolute Gasteiger partial charge is 0.218 e. The van der Waals surface area contributed by atoms with E-state index in [4.69, 9.17) is 4.74 Å². The Bertz CT molecular complexity index is 347. The number of thioether (sulfide) groups is 1. The van der Waals surface area contributed by atoms with Crippen molar-refractivity contribution in [1.82, 2.24) is 9.97 Å². The van der Waals surface area contributed by atoms with E-state index in [0.29, 0.717) is 18.5 Å². The molecule has 0 aliphatic carbocycles. The minimum Gasteiger partial charge on any atom is -0.478 e. The quantitative estimate of drug-likeness (QED) is 0.811. The van der Waals surface area contributed by atoms with Crippen LogP contribution in [-0.4, -0.2) is 34.1 Å². The van der Waals surface area contributed by atoms with Gasteiger partial charge in [-0.2, -0.15) is 16.7 Å². The van der Waals surface area contributed by atoms with E-state index in [1.807, 2.05) is 31.7 Å². The first kappa shape index (κ1) is 14.1. The number of ether oxygens (including phenoxy) is 1. The van der Waals surface area contributed by atoms with Crippen LogP contribution in [-0.2, 0) is 0 Å². The molecule has 1 aromatic rings. The number of hydrogen-bond donors (Lipinski definition) is 1. The minimum atomic E-state index is 0.392. The molecule has 17 heavy (non-hydrogen) atoms. The summed E-state index contributed by atoms with van der Waals surface area (Å²) in [5, 5.41) is 3.36. The van der Waals surface area contributed by atoms with Crippen molar-refractivity contribution in [3.8, 4) is 5.88 Å². The van der Waals surface area contributed by atoms with Crippen LogP contribution in [0.1, 0.15) is 26.6 Å². The largest absolute Gasteiger partial charge is 0.478 e. The van der Waals surface area contributed by atoms with Crippen LogP contribution >= 0.6 is 11.8 Å². The highest BCUT2D eigenvalue weighted by Crippen LogP contribution is 2.15. The second kappa shape index (κ2) is 7.37. The van der Waals surface area contributed by atoms with Crippen LogP contribution in [0.3, 0.4) is 0 Å². The Morgan fingerprint density at radius 2 is 2.18 bits per heavy atom. The molecule has 96 valence electrons. The van der Waals surface area contributed by atoms with E-state index in [0.717, 1.165) is 23.1 Å². The molecule has 5 heteroatoms. The number of nitrogens with one attached hydrogen (secondary N) is 1. The number of rotatable bonds is 7. The summed E-state index contributed by atoms with van der Waals surface area (Å²) < 4.78 is 5.39. The molecule has 0 fully saturated rings. The minimum absolute atomic E-state index is 0.392. The van der Waals surface area contributed by atoms with Gasteiger partial charge in [0.05, 0.1) is 6.61 Å². The Kier molecular flexibility index (Phi) is 6.11. The second-order valence-corrected chi connectivity index (χ2v) is 5.10. The van der Waals surface area contributed by atoms with Crippen LogP contribution in [0.5, 0.6) is 5.88 Å². The fraction of sp³-hybridized carbons (Fsp3) is 0.667. The van der Waals surface area contributed by atoms with Gasteiger partial charge in [-0.25, -0.2) is 4.98 Å². The molecule has 1 N–H and O–H groups in total. The molecule has 1 rings (SSSR count). The number of hydrogen-bond acceptors (Lipinski definition) is 5. The Hall–Kier alpha value is -0.970. The molecule has 0 aliphatic heterocycles. The van der Waals surface area contributed by atoms with Gasteiger partial charge in [0.15, 0.2) is 0 Å². The number of aryl methyl sites for hydroxylation is 1. The predicted molar refractivity (Wildman–Crippen MR) is 74.0 cm³/mol. The van der Waals surface area contributed by atoms with Gasteiger partial charge in [0.1, 0.15) is 11.6 Å². The maximum absolute atomic E-state index is 5.39. The van der Waals surface area contributed by atoms with Crippen LogP contribution in [0.25, 0.3) is 0 Å². The average molecular weight is 255 g/mol. The summed E-state index contributed by atoms with van der Waals surface area (Å²) in [6.45, 7) is 8.77. The van der Waals surface area contributed by atoms with Crippen LogP contribution in [0.4, 0.5) is 5.82 Å². The third-order valence-corrected chi connectivity index (χ3v) is 3.22. The first-order chi connectivity index (χ1) is 8.15. The van der Waals surface area contributed by atoms with E-state index >= 15 is 0 Å². The zero-order valence-corrected chi connectivity index (χ0v) is 11.8. The van der Waals surface area contributed by atoms with Crippen molar-refractivity contribution in [2.24, 2.45) is 0 Å². The molecular weight excluding hydrogens is 234 g/mol. The number of aromatic nitrogens is 2. The standard InChI is InChI=1S/C12H21N3OS/c1-5-16-12-7-11(14-10(4)15-12)13-9(3)8-17-6-2/h7,9H,5-6,8H2,1-4H3,(H,13,14,15). The highest BCUT2D eigenvalue weighted by atomic mass is 32.2. The van der Waals surface area contributed by atoms with Gasteiger partial charge >= 0.3 is 0 Å². The molecule has 0 saturated carbocycles. The summed E-state index contributed by atoms with van der Waals surface area (Å²) in [6, 6.07) is 2.24. The monoisotopic (exact) mass is 255 g/mol. The Morgan fingerprint density at radius 1 is 1.41 bits per heavy atom. The molecule has 4 nitrogen and oxygen atoms in total. The number of nitrogens with zero attached hydrogens (tertiary/aromatic N) is 2. The van der Waals surface area contributed by atoms with E-state index < -0.39 is 0 Å². The molecule has 0 amide bonds. The highest BCUT2D eigenvalue weighted by molar-refractivity contribution is 7.99. The van der Waals surface area contributed by atoms with Crippen molar-refractivity contribution >= 4 is 17.6 Å². The van der Waals surface area contributed by atoms with Gasteiger partial charge in [0.25, 0.3) is 0 Å². The van der Waals surface area contributed by atoms with Crippen molar-refractivity contribution in [2.45, 2.75) is 33.7 Å². The molecule has 1 heterocycles. The van der Waals surface area contributed by atoms with E-state index in [1.165, 1.54) is 0 Å². The molecule has 0 aliphatic rings. The van der Waals surface area contributed by atoms with E-state index in [1.54, 1.807) is 0 Å². The lowest BCUT2D eigenvalue weighted by Crippen LogP contribution is -2.19. The Morgan fingerprint density at radius 3 is 2.82 bits per heavy atom. The first-order valence-corrected chi connectivity index (χ1v) is 7.14. The Labute approximate surface area is 108 Å². The van der Waals surface area contributed by atoms with Gasteiger partial charge in [0.2, 0.25) is 5.88 Å². The van der Waals surface area contributed by atoms with Gasteiger partial charge in [-0.3, -0.25) is 0 Å². The number of anilines is 1. The third kappa shape index (κ3) is 5.26. The normalized spacial score (nSPS) is 12.2. The Balaban J connectivity index is 2.63. The summed E-state index contributed by atoms with van der Waals surface area (Å²) >= 11 is 1.92. The summed E-state index contributed by atoms with van der Waals surface area (Å²) in [7, 11) is 0. The molecule has 1 atom stereocenters. The van der Waals surface area contributed by atoms with Crippen molar-refractivity contribution in [3.05, 3.63) is 11.9 Å². The predicted octanol–water partition coefficient (Wildman–Crippen LogP) is 2.74. The SMILES string of the molecule is CCOc1cc(NC(C)CSCC)nc(C)n1. The van der Waals surface area contributed by atoms with E-state index in [9.17, 15) is 0 Å². The summed E-state index contributed by atoms with van der Waals surface area (Å²) in [4.78, 5) is 8.57. The molecule has 0 aromatic carbocycles. The molecule has 0 radical (unpaired) electrons. The van der Waals surface area contributed by atoms with Gasteiger partial charge in [-0.05, 0) is 26.5 Å². The van der Waals surface area contributed by atoms with Crippen LogP contribution in [0, 0.1) is 6.92 Å². The van der Waals surface area contributed by atoms with Crippen LogP contribution in [0.15, 0.2) is 6.07 Å². The average Bonchev–Trinajstić information content (AvgIpc) is 2.26. The topological polar surface area (TPSA) is 47.0 Å². The summed E-state index contributed by atoms with van der Waals surface area (Å²) in [6.07, 6.45) is 0. The van der Waals surface area contributed by atoms with Crippen molar-refractivity contribution in [2.75, 3.05) is 23.4 Å². The van der Waals surface area contributed by atoms with E-state index in [2.05, 4.69) is 29.1 Å². The zero-order chi connectivity index (χ0) is 12.7. The summed E-state index contributed by atoms with van der Waals surface area (Å²) in [5.74, 6) is 4.42. The van der Waals surface area contributed by atoms with Crippen LogP contribution < -0.4 is 10.1 Å². The molecule has 1 unspecified atom stereocenters. The zero-order valence-electron chi connectivity index (χ0n) is 11.0. The van der Waals surface area contributed by atoms with E-state index in [-0.39, 0.29) is 0 Å². The van der Waals surface area contributed by atoms with Gasteiger partial charge in [-0.15, -0.1) is 0 Å².